The molecule has 0 saturated heterocycles. The van der Waals surface area contributed by atoms with E-state index in [0.717, 1.165) is 27.7 Å². The van der Waals surface area contributed by atoms with Gasteiger partial charge >= 0.3 is 0 Å². The van der Waals surface area contributed by atoms with Gasteiger partial charge in [0.2, 0.25) is 0 Å². The second-order valence-corrected chi connectivity index (χ2v) is 5.51. The number of aromatic nitrogens is 2. The highest BCUT2D eigenvalue weighted by atomic mass is 16.1. The lowest BCUT2D eigenvalue weighted by Crippen LogP contribution is -2.19. The van der Waals surface area contributed by atoms with Crippen LogP contribution in [0.2, 0.25) is 0 Å². The first kappa shape index (κ1) is 13.5. The summed E-state index contributed by atoms with van der Waals surface area (Å²) in [6.45, 7) is 1.90. The van der Waals surface area contributed by atoms with Crippen LogP contribution >= 0.6 is 0 Å². The third-order valence-electron chi connectivity index (χ3n) is 3.91. The fraction of sp³-hybridized carbons (Fsp3) is 0.0526. The molecule has 112 valence electrons. The molecule has 3 aromatic rings. The Morgan fingerprint density at radius 3 is 2.57 bits per heavy atom. The van der Waals surface area contributed by atoms with Gasteiger partial charge in [0.1, 0.15) is 0 Å². The van der Waals surface area contributed by atoms with Crippen LogP contribution in [0.15, 0.2) is 70.1 Å². The van der Waals surface area contributed by atoms with Crippen molar-refractivity contribution in [2.24, 2.45) is 4.99 Å². The highest BCUT2D eigenvalue weighted by molar-refractivity contribution is 5.66. The van der Waals surface area contributed by atoms with Crippen LogP contribution in [0.1, 0.15) is 11.3 Å². The molecular weight excluding hydrogens is 286 g/mol. The minimum Gasteiger partial charge on any atom is -0.295 e. The Morgan fingerprint density at radius 2 is 1.78 bits per heavy atom. The number of aryl methyl sites for hydroxylation is 1. The number of hydrogen-bond acceptors (Lipinski definition) is 2. The zero-order valence-electron chi connectivity index (χ0n) is 12.7. The van der Waals surface area contributed by atoms with Gasteiger partial charge in [0.25, 0.3) is 5.56 Å². The van der Waals surface area contributed by atoms with Crippen molar-refractivity contribution in [3.05, 3.63) is 92.5 Å². The number of hydrogen-bond donors (Lipinski definition) is 1. The average molecular weight is 301 g/mol. The largest absolute Gasteiger partial charge is 0.295 e. The Morgan fingerprint density at radius 1 is 1.04 bits per heavy atom. The predicted octanol–water partition coefficient (Wildman–Crippen LogP) is 1.93. The monoisotopic (exact) mass is 301 g/mol. The zero-order chi connectivity index (χ0) is 15.8. The summed E-state index contributed by atoms with van der Waals surface area (Å²) < 4.78 is 1.56. The van der Waals surface area contributed by atoms with E-state index in [1.54, 1.807) is 4.68 Å². The lowest BCUT2D eigenvalue weighted by atomic mass is 10.2. The second kappa shape index (κ2) is 5.25. The van der Waals surface area contributed by atoms with E-state index >= 15 is 0 Å². The lowest BCUT2D eigenvalue weighted by molar-refractivity contribution is 0.835. The van der Waals surface area contributed by atoms with Crippen LogP contribution in [0.4, 0.5) is 0 Å². The first-order valence-electron chi connectivity index (χ1n) is 7.46. The zero-order valence-corrected chi connectivity index (χ0v) is 12.7. The first-order valence-corrected chi connectivity index (χ1v) is 7.46. The van der Waals surface area contributed by atoms with Crippen molar-refractivity contribution < 1.29 is 0 Å². The van der Waals surface area contributed by atoms with E-state index < -0.39 is 0 Å². The molecule has 0 amide bonds. The number of allylic oxidation sites excluding steroid dienone is 1. The minimum absolute atomic E-state index is 0.0687. The Hall–Kier alpha value is -3.14. The fourth-order valence-corrected chi connectivity index (χ4v) is 2.75. The molecule has 0 aliphatic carbocycles. The third kappa shape index (κ3) is 2.34. The van der Waals surface area contributed by atoms with Crippen LogP contribution in [-0.2, 0) is 0 Å². The first-order chi connectivity index (χ1) is 11.2. The van der Waals surface area contributed by atoms with Crippen molar-refractivity contribution in [2.75, 3.05) is 0 Å². The summed E-state index contributed by atoms with van der Waals surface area (Å²) in [6.07, 6.45) is 3.83. The van der Waals surface area contributed by atoms with Crippen LogP contribution in [0, 0.1) is 6.92 Å². The van der Waals surface area contributed by atoms with Crippen LogP contribution < -0.4 is 16.1 Å². The Balaban J connectivity index is 1.83. The van der Waals surface area contributed by atoms with E-state index in [2.05, 4.69) is 10.1 Å². The van der Waals surface area contributed by atoms with Gasteiger partial charge in [-0.25, -0.2) is 9.67 Å². The molecule has 0 radical (unpaired) electrons. The van der Waals surface area contributed by atoms with E-state index in [4.69, 9.17) is 0 Å². The Labute approximate surface area is 132 Å². The molecule has 1 N–H and O–H groups in total. The smallest absolute Gasteiger partial charge is 0.278 e. The molecule has 1 aromatic heterocycles. The maximum absolute atomic E-state index is 12.7. The quantitative estimate of drug-likeness (QED) is 0.772. The SMILES string of the molecule is Cc1[nH]n(-c2ccccc2)c(=O)c1/C=C1\C=c2ccccc2=N1. The molecule has 4 rings (SSSR count). The molecule has 0 spiro atoms. The third-order valence-corrected chi connectivity index (χ3v) is 3.91. The number of nitrogens with one attached hydrogen (secondary N) is 1. The summed E-state index contributed by atoms with van der Waals surface area (Å²) in [5, 5.41) is 5.15. The molecule has 2 aromatic carbocycles. The normalized spacial score (nSPS) is 14.4. The Kier molecular flexibility index (Phi) is 3.08. The van der Waals surface area contributed by atoms with Crippen molar-refractivity contribution in [3.63, 3.8) is 0 Å². The molecule has 0 fully saturated rings. The molecule has 2 heterocycles. The highest BCUT2D eigenvalue weighted by Gasteiger charge is 2.11. The van der Waals surface area contributed by atoms with Crippen molar-refractivity contribution in [3.8, 4) is 5.69 Å². The summed E-state index contributed by atoms with van der Waals surface area (Å²) in [5.74, 6) is 0. The molecular formula is C19H15N3O. The molecule has 0 bridgehead atoms. The van der Waals surface area contributed by atoms with E-state index in [1.807, 2.05) is 73.7 Å². The second-order valence-electron chi connectivity index (χ2n) is 5.51. The molecule has 0 unspecified atom stereocenters. The lowest BCUT2D eigenvalue weighted by Gasteiger charge is -1.99. The molecule has 4 nitrogen and oxygen atoms in total. The highest BCUT2D eigenvalue weighted by Crippen LogP contribution is 2.12. The standard InChI is InChI=1S/C19H15N3O/c1-13-17(12-15-11-14-7-5-6-10-18(14)20-15)19(23)22(21-13)16-8-3-2-4-9-16/h2-12,21H,1H3/b15-12+. The number of rotatable bonds is 2. The molecule has 0 saturated carbocycles. The molecule has 4 heteroatoms. The molecule has 1 aliphatic heterocycles. The summed E-state index contributed by atoms with van der Waals surface area (Å²) in [4.78, 5) is 17.2. The predicted molar refractivity (Wildman–Crippen MR) is 90.8 cm³/mol. The van der Waals surface area contributed by atoms with Crippen LogP contribution in [0.5, 0.6) is 0 Å². The Bertz CT molecular complexity index is 1050. The maximum atomic E-state index is 12.7. The van der Waals surface area contributed by atoms with Crippen molar-refractivity contribution in [2.45, 2.75) is 6.92 Å². The topological polar surface area (TPSA) is 50.1 Å². The number of fused-ring (bicyclic) bond motifs is 1. The number of H-pyrrole nitrogens is 1. The van der Waals surface area contributed by atoms with Crippen molar-refractivity contribution in [1.82, 2.24) is 9.78 Å². The van der Waals surface area contributed by atoms with E-state index in [-0.39, 0.29) is 5.56 Å². The molecule has 23 heavy (non-hydrogen) atoms. The van der Waals surface area contributed by atoms with E-state index in [9.17, 15) is 4.79 Å². The van der Waals surface area contributed by atoms with Crippen LogP contribution in [0.3, 0.4) is 0 Å². The number of aromatic amines is 1. The van der Waals surface area contributed by atoms with Gasteiger partial charge < -0.3 is 0 Å². The van der Waals surface area contributed by atoms with E-state index in [0.29, 0.717) is 5.56 Å². The maximum Gasteiger partial charge on any atom is 0.278 e. The minimum atomic E-state index is -0.0687. The van der Waals surface area contributed by atoms with Gasteiger partial charge in [-0.3, -0.25) is 9.89 Å². The van der Waals surface area contributed by atoms with Gasteiger partial charge in [-0.05, 0) is 37.3 Å². The summed E-state index contributed by atoms with van der Waals surface area (Å²) in [7, 11) is 0. The number of benzene rings is 2. The van der Waals surface area contributed by atoms with Crippen molar-refractivity contribution >= 4 is 12.2 Å². The van der Waals surface area contributed by atoms with Gasteiger partial charge in [-0.2, -0.15) is 0 Å². The van der Waals surface area contributed by atoms with Gasteiger partial charge in [-0.15, -0.1) is 0 Å². The molecule has 1 aliphatic rings. The fourth-order valence-electron chi connectivity index (χ4n) is 2.75. The van der Waals surface area contributed by atoms with Gasteiger partial charge in [0, 0.05) is 10.9 Å². The number of para-hydroxylation sites is 2. The molecule has 0 atom stereocenters. The number of nitrogens with zero attached hydrogens (tertiary/aromatic N) is 2. The van der Waals surface area contributed by atoms with Gasteiger partial charge in [0.15, 0.2) is 0 Å². The summed E-state index contributed by atoms with van der Waals surface area (Å²) in [6, 6.07) is 17.5. The van der Waals surface area contributed by atoms with E-state index in [1.165, 1.54) is 0 Å². The van der Waals surface area contributed by atoms with Crippen molar-refractivity contribution in [1.29, 1.82) is 0 Å². The van der Waals surface area contributed by atoms with Gasteiger partial charge in [0.05, 0.1) is 22.3 Å². The summed E-state index contributed by atoms with van der Waals surface area (Å²) in [5.41, 5.74) is 3.01. The van der Waals surface area contributed by atoms with Crippen LogP contribution in [0.25, 0.3) is 17.8 Å². The van der Waals surface area contributed by atoms with Crippen LogP contribution in [-0.4, -0.2) is 9.78 Å². The average Bonchev–Trinajstić information content (AvgIpc) is 3.11. The summed E-state index contributed by atoms with van der Waals surface area (Å²) >= 11 is 0. The van der Waals surface area contributed by atoms with Gasteiger partial charge in [-0.1, -0.05) is 36.4 Å².